The zero-order chi connectivity index (χ0) is 20.4. The fraction of sp³-hybridized carbons (Fsp3) is 0.238. The van der Waals surface area contributed by atoms with Crippen molar-refractivity contribution in [2.45, 2.75) is 19.4 Å². The minimum Gasteiger partial charge on any atom is -0.322 e. The Morgan fingerprint density at radius 3 is 2.28 bits per heavy atom. The number of thioether (sulfide) groups is 1. The van der Waals surface area contributed by atoms with E-state index in [0.29, 0.717) is 24.2 Å². The van der Waals surface area contributed by atoms with Gasteiger partial charge in [-0.05, 0) is 48.4 Å². The molecule has 2 aliphatic heterocycles. The predicted octanol–water partition coefficient (Wildman–Crippen LogP) is 3.26. The number of carbonyl (C=O) groups is 4. The molecule has 2 saturated heterocycles. The van der Waals surface area contributed by atoms with Crippen LogP contribution in [0.25, 0.3) is 0 Å². The van der Waals surface area contributed by atoms with Gasteiger partial charge in [0.15, 0.2) is 0 Å². The van der Waals surface area contributed by atoms with E-state index in [1.165, 1.54) is 4.90 Å². The summed E-state index contributed by atoms with van der Waals surface area (Å²) in [5, 5.41) is 2.59. The van der Waals surface area contributed by atoms with Gasteiger partial charge in [0.1, 0.15) is 0 Å². The second-order valence-corrected chi connectivity index (χ2v) is 7.81. The number of anilines is 2. The third kappa shape index (κ3) is 4.17. The molecule has 4 rings (SSSR count). The number of nitrogens with one attached hydrogen (secondary N) is 1. The fourth-order valence-corrected chi connectivity index (χ4v) is 4.05. The van der Waals surface area contributed by atoms with Gasteiger partial charge in [0.25, 0.3) is 11.1 Å². The molecule has 8 heteroatoms. The molecular weight excluding hydrogens is 390 g/mol. The number of amides is 4. The molecule has 7 nitrogen and oxygen atoms in total. The van der Waals surface area contributed by atoms with E-state index in [1.807, 2.05) is 0 Å². The number of hydrogen-bond donors (Lipinski definition) is 1. The first kappa shape index (κ1) is 19.2. The van der Waals surface area contributed by atoms with Gasteiger partial charge in [0, 0.05) is 29.9 Å². The molecule has 2 fully saturated rings. The molecule has 0 bridgehead atoms. The van der Waals surface area contributed by atoms with Gasteiger partial charge in [0.2, 0.25) is 11.8 Å². The SMILES string of the molecule is O=C(Nc1ccc(CN2C(=O)CSC2=O)cc1)c1ccc(N2CCCC2=O)cc1. The third-order valence-electron chi connectivity index (χ3n) is 4.91. The average Bonchev–Trinajstić information content (AvgIpc) is 3.29. The maximum Gasteiger partial charge on any atom is 0.289 e. The molecule has 0 saturated carbocycles. The van der Waals surface area contributed by atoms with Crippen molar-refractivity contribution in [3.8, 4) is 0 Å². The van der Waals surface area contributed by atoms with Crippen LogP contribution in [-0.4, -0.2) is 40.2 Å². The maximum absolute atomic E-state index is 12.5. The first-order chi connectivity index (χ1) is 14.0. The monoisotopic (exact) mass is 409 g/mol. The van der Waals surface area contributed by atoms with Crippen LogP contribution in [0.3, 0.4) is 0 Å². The molecule has 0 atom stereocenters. The number of benzene rings is 2. The molecule has 0 unspecified atom stereocenters. The molecule has 148 valence electrons. The summed E-state index contributed by atoms with van der Waals surface area (Å²) in [5.41, 5.74) is 2.73. The van der Waals surface area contributed by atoms with Crippen LogP contribution in [-0.2, 0) is 16.1 Å². The molecule has 0 aromatic heterocycles. The number of nitrogens with zero attached hydrogens (tertiary/aromatic N) is 2. The lowest BCUT2D eigenvalue weighted by Crippen LogP contribution is -2.27. The number of rotatable bonds is 5. The predicted molar refractivity (Wildman–Crippen MR) is 111 cm³/mol. The van der Waals surface area contributed by atoms with Crippen molar-refractivity contribution in [1.82, 2.24) is 4.90 Å². The molecule has 4 amide bonds. The van der Waals surface area contributed by atoms with Gasteiger partial charge in [-0.3, -0.25) is 24.1 Å². The highest BCUT2D eigenvalue weighted by atomic mass is 32.2. The molecule has 29 heavy (non-hydrogen) atoms. The Morgan fingerprint density at radius 2 is 1.69 bits per heavy atom. The summed E-state index contributed by atoms with van der Waals surface area (Å²) in [5.74, 6) is -0.134. The zero-order valence-electron chi connectivity index (χ0n) is 15.6. The van der Waals surface area contributed by atoms with Crippen molar-refractivity contribution in [2.24, 2.45) is 0 Å². The van der Waals surface area contributed by atoms with Gasteiger partial charge in [-0.25, -0.2) is 0 Å². The lowest BCUT2D eigenvalue weighted by Gasteiger charge is -2.16. The van der Waals surface area contributed by atoms with Crippen LogP contribution in [0, 0.1) is 0 Å². The zero-order valence-corrected chi connectivity index (χ0v) is 16.4. The summed E-state index contributed by atoms with van der Waals surface area (Å²) in [6.45, 7) is 0.944. The minimum absolute atomic E-state index is 0.109. The Balaban J connectivity index is 1.37. The molecule has 2 heterocycles. The smallest absolute Gasteiger partial charge is 0.289 e. The second-order valence-electron chi connectivity index (χ2n) is 6.88. The quantitative estimate of drug-likeness (QED) is 0.819. The molecule has 0 radical (unpaired) electrons. The Bertz CT molecular complexity index is 956. The average molecular weight is 409 g/mol. The molecule has 1 N–H and O–H groups in total. The summed E-state index contributed by atoms with van der Waals surface area (Å²) < 4.78 is 0. The van der Waals surface area contributed by atoms with Gasteiger partial charge < -0.3 is 10.2 Å². The molecule has 2 aliphatic rings. The Kier molecular flexibility index (Phi) is 5.35. The highest BCUT2D eigenvalue weighted by Gasteiger charge is 2.29. The molecule has 2 aromatic rings. The first-order valence-corrected chi connectivity index (χ1v) is 10.3. The van der Waals surface area contributed by atoms with E-state index in [9.17, 15) is 19.2 Å². The standard InChI is InChI=1S/C21H19N3O4S/c25-18-2-1-11-23(18)17-9-5-15(6-10-17)20(27)22-16-7-3-14(4-8-16)12-24-19(26)13-29-21(24)28/h3-10H,1-2,11-13H2,(H,22,27). The summed E-state index contributed by atoms with van der Waals surface area (Å²) >= 11 is 1.01. The van der Waals surface area contributed by atoms with Crippen LogP contribution in [0.15, 0.2) is 48.5 Å². The third-order valence-corrected chi connectivity index (χ3v) is 5.77. The van der Waals surface area contributed by atoms with Gasteiger partial charge in [0.05, 0.1) is 12.3 Å². The Labute approximate surface area is 172 Å². The van der Waals surface area contributed by atoms with Crippen LogP contribution in [0.2, 0.25) is 0 Å². The van der Waals surface area contributed by atoms with Crippen molar-refractivity contribution in [1.29, 1.82) is 0 Å². The van der Waals surface area contributed by atoms with E-state index in [0.717, 1.165) is 29.4 Å². The van der Waals surface area contributed by atoms with E-state index in [-0.39, 0.29) is 35.3 Å². The van der Waals surface area contributed by atoms with Crippen molar-refractivity contribution >= 4 is 46.1 Å². The lowest BCUT2D eigenvalue weighted by atomic mass is 10.1. The molecule has 0 aliphatic carbocycles. The summed E-state index contributed by atoms with van der Waals surface area (Å²) in [4.78, 5) is 50.6. The summed E-state index contributed by atoms with van der Waals surface area (Å²) in [6, 6.07) is 14.0. The maximum atomic E-state index is 12.5. The lowest BCUT2D eigenvalue weighted by molar-refractivity contribution is -0.125. The Hall–Kier alpha value is -3.13. The number of hydrogen-bond acceptors (Lipinski definition) is 5. The van der Waals surface area contributed by atoms with E-state index >= 15 is 0 Å². The van der Waals surface area contributed by atoms with Crippen molar-refractivity contribution in [3.63, 3.8) is 0 Å². The van der Waals surface area contributed by atoms with E-state index in [1.54, 1.807) is 53.4 Å². The minimum atomic E-state index is -0.252. The molecular formula is C21H19N3O4S. The first-order valence-electron chi connectivity index (χ1n) is 9.29. The summed E-state index contributed by atoms with van der Waals surface area (Å²) in [6.07, 6.45) is 1.42. The van der Waals surface area contributed by atoms with Gasteiger partial charge in [-0.2, -0.15) is 0 Å². The van der Waals surface area contributed by atoms with Crippen LogP contribution in [0.1, 0.15) is 28.8 Å². The summed E-state index contributed by atoms with van der Waals surface area (Å²) in [7, 11) is 0. The normalized spacial score (nSPS) is 16.6. The van der Waals surface area contributed by atoms with Gasteiger partial charge in [-0.1, -0.05) is 23.9 Å². The van der Waals surface area contributed by atoms with Crippen molar-refractivity contribution < 1.29 is 19.2 Å². The van der Waals surface area contributed by atoms with E-state index in [2.05, 4.69) is 5.32 Å². The topological polar surface area (TPSA) is 86.8 Å². The van der Waals surface area contributed by atoms with Gasteiger partial charge in [-0.15, -0.1) is 0 Å². The molecule has 2 aromatic carbocycles. The molecule has 0 spiro atoms. The van der Waals surface area contributed by atoms with Crippen LogP contribution < -0.4 is 10.2 Å². The van der Waals surface area contributed by atoms with Crippen molar-refractivity contribution in [3.05, 3.63) is 59.7 Å². The van der Waals surface area contributed by atoms with Crippen LogP contribution >= 0.6 is 11.8 Å². The highest BCUT2D eigenvalue weighted by Crippen LogP contribution is 2.23. The van der Waals surface area contributed by atoms with E-state index in [4.69, 9.17) is 0 Å². The highest BCUT2D eigenvalue weighted by molar-refractivity contribution is 8.14. The number of carbonyl (C=O) groups excluding carboxylic acids is 4. The Morgan fingerprint density at radius 1 is 0.966 bits per heavy atom. The van der Waals surface area contributed by atoms with Crippen LogP contribution in [0.4, 0.5) is 16.2 Å². The largest absolute Gasteiger partial charge is 0.322 e. The second kappa shape index (κ2) is 8.08. The van der Waals surface area contributed by atoms with Crippen molar-refractivity contribution in [2.75, 3.05) is 22.5 Å². The van der Waals surface area contributed by atoms with Crippen LogP contribution in [0.5, 0.6) is 0 Å². The number of imide groups is 1. The van der Waals surface area contributed by atoms with Gasteiger partial charge >= 0.3 is 0 Å². The van der Waals surface area contributed by atoms with E-state index < -0.39 is 0 Å². The fourth-order valence-electron chi connectivity index (χ4n) is 3.33.